The summed E-state index contributed by atoms with van der Waals surface area (Å²) in [5.41, 5.74) is 3.88. The van der Waals surface area contributed by atoms with Crippen molar-refractivity contribution in [2.45, 2.75) is 6.92 Å². The van der Waals surface area contributed by atoms with E-state index in [9.17, 15) is 0 Å². The summed E-state index contributed by atoms with van der Waals surface area (Å²) >= 11 is 6.12. The predicted molar refractivity (Wildman–Crippen MR) is 102 cm³/mol. The fourth-order valence-corrected chi connectivity index (χ4v) is 3.40. The molecule has 0 amide bonds. The lowest BCUT2D eigenvalue weighted by Crippen LogP contribution is -2.46. The highest BCUT2D eigenvalue weighted by atomic mass is 35.5. The lowest BCUT2D eigenvalue weighted by molar-refractivity contribution is 0.271. The minimum absolute atomic E-state index is 0.541. The molecule has 0 atom stereocenters. The van der Waals surface area contributed by atoms with Crippen molar-refractivity contribution in [2.24, 2.45) is 0 Å². The van der Waals surface area contributed by atoms with Crippen LogP contribution in [-0.4, -0.2) is 52.2 Å². The summed E-state index contributed by atoms with van der Waals surface area (Å²) in [7, 11) is 0. The van der Waals surface area contributed by atoms with Crippen molar-refractivity contribution in [1.29, 1.82) is 0 Å². The first-order valence-electron chi connectivity index (χ1n) is 8.57. The number of benzene rings is 1. The normalized spacial score (nSPS) is 15.7. The highest BCUT2D eigenvalue weighted by molar-refractivity contribution is 6.29. The molecular weight excluding hydrogens is 336 g/mol. The average molecular weight is 357 g/mol. The summed E-state index contributed by atoms with van der Waals surface area (Å²) in [6.07, 6.45) is 1.51. The number of piperazine rings is 1. The molecule has 0 spiro atoms. The highest BCUT2D eigenvalue weighted by Crippen LogP contribution is 2.25. The van der Waals surface area contributed by atoms with Crippen LogP contribution in [0, 0.1) is 0 Å². The van der Waals surface area contributed by atoms with E-state index in [0.717, 1.165) is 44.1 Å². The average Bonchev–Trinajstić information content (AvgIpc) is 3.16. The van der Waals surface area contributed by atoms with E-state index >= 15 is 0 Å². The van der Waals surface area contributed by atoms with Gasteiger partial charge in [0, 0.05) is 37.6 Å². The molecule has 1 saturated heterocycles. The summed E-state index contributed by atoms with van der Waals surface area (Å²) in [4.78, 5) is 9.20. The van der Waals surface area contributed by atoms with Crippen molar-refractivity contribution in [3.63, 3.8) is 0 Å². The third kappa shape index (κ3) is 3.27. The Morgan fingerprint density at radius 1 is 1.04 bits per heavy atom. The van der Waals surface area contributed by atoms with Crippen LogP contribution < -0.4 is 10.2 Å². The number of nitrogens with zero attached hydrogens (tertiary/aromatic N) is 5. The molecule has 25 heavy (non-hydrogen) atoms. The molecule has 7 heteroatoms. The van der Waals surface area contributed by atoms with Gasteiger partial charge in [0.05, 0.1) is 5.69 Å². The Hall–Kier alpha value is -2.31. The molecule has 1 fully saturated rings. The summed E-state index contributed by atoms with van der Waals surface area (Å²) in [5.74, 6) is 0. The molecule has 1 aromatic carbocycles. The zero-order valence-electron chi connectivity index (χ0n) is 14.2. The number of hydrogen-bond acceptors (Lipinski definition) is 5. The first-order valence-corrected chi connectivity index (χ1v) is 8.95. The summed E-state index contributed by atoms with van der Waals surface area (Å²) in [5, 5.41) is 8.07. The maximum Gasteiger partial charge on any atom is 0.180 e. The molecule has 0 saturated carbocycles. The van der Waals surface area contributed by atoms with E-state index in [4.69, 9.17) is 11.6 Å². The fraction of sp³-hybridized carbons (Fsp3) is 0.333. The Bertz CT molecular complexity index is 852. The van der Waals surface area contributed by atoms with Crippen LogP contribution in [0.4, 0.5) is 17.1 Å². The van der Waals surface area contributed by atoms with Gasteiger partial charge in [-0.15, -0.1) is 0 Å². The molecule has 0 bridgehead atoms. The SMILES string of the molecule is CCN1CCN(c2ccc(Nc3ccc(Cl)n4ncnc34)cc2)CC1. The van der Waals surface area contributed by atoms with Gasteiger partial charge in [0.1, 0.15) is 11.5 Å². The van der Waals surface area contributed by atoms with Gasteiger partial charge in [-0.2, -0.15) is 5.10 Å². The molecule has 3 heterocycles. The number of halogens is 1. The van der Waals surface area contributed by atoms with E-state index in [2.05, 4.69) is 56.4 Å². The first-order chi connectivity index (χ1) is 12.2. The molecule has 2 aromatic heterocycles. The molecule has 1 N–H and O–H groups in total. The molecule has 0 aliphatic carbocycles. The molecular formula is C18H21ClN6. The number of aromatic nitrogens is 3. The number of rotatable bonds is 4. The van der Waals surface area contributed by atoms with Gasteiger partial charge >= 0.3 is 0 Å². The van der Waals surface area contributed by atoms with Crippen LogP contribution in [-0.2, 0) is 0 Å². The van der Waals surface area contributed by atoms with Crippen LogP contribution in [0.25, 0.3) is 5.65 Å². The second-order valence-electron chi connectivity index (χ2n) is 6.16. The standard InChI is InChI=1S/C18H21ClN6/c1-2-23-9-11-24(12-10-23)15-5-3-14(4-6-15)22-16-7-8-17(19)25-18(16)20-13-21-25/h3-8,13,22H,2,9-12H2,1H3. The predicted octanol–water partition coefficient (Wildman–Crippen LogP) is 3.27. The molecule has 0 radical (unpaired) electrons. The van der Waals surface area contributed by atoms with Crippen LogP contribution in [0.15, 0.2) is 42.7 Å². The first kappa shape index (κ1) is 16.2. The minimum atomic E-state index is 0.541. The summed E-state index contributed by atoms with van der Waals surface area (Å²) in [6, 6.07) is 12.3. The van der Waals surface area contributed by atoms with Crippen LogP contribution in [0.5, 0.6) is 0 Å². The number of likely N-dealkylation sites (N-methyl/N-ethyl adjacent to an activating group) is 1. The Labute approximate surface area is 152 Å². The molecule has 6 nitrogen and oxygen atoms in total. The van der Waals surface area contributed by atoms with Gasteiger partial charge in [0.2, 0.25) is 0 Å². The quantitative estimate of drug-likeness (QED) is 0.727. The number of hydrogen-bond donors (Lipinski definition) is 1. The molecule has 1 aliphatic heterocycles. The van der Waals surface area contributed by atoms with Crippen LogP contribution in [0.3, 0.4) is 0 Å². The number of fused-ring (bicyclic) bond motifs is 1. The van der Waals surface area contributed by atoms with E-state index in [1.807, 2.05) is 12.1 Å². The van der Waals surface area contributed by atoms with Gasteiger partial charge in [-0.05, 0) is 42.9 Å². The second-order valence-corrected chi connectivity index (χ2v) is 6.55. The Kier molecular flexibility index (Phi) is 4.46. The van der Waals surface area contributed by atoms with E-state index < -0.39 is 0 Å². The van der Waals surface area contributed by atoms with Crippen molar-refractivity contribution in [3.05, 3.63) is 47.9 Å². The number of nitrogens with one attached hydrogen (secondary N) is 1. The molecule has 130 valence electrons. The van der Waals surface area contributed by atoms with E-state index in [0.29, 0.717) is 10.8 Å². The van der Waals surface area contributed by atoms with E-state index in [-0.39, 0.29) is 0 Å². The molecule has 4 rings (SSSR count). The monoisotopic (exact) mass is 356 g/mol. The van der Waals surface area contributed by atoms with Gasteiger partial charge in [0.15, 0.2) is 5.65 Å². The lowest BCUT2D eigenvalue weighted by Gasteiger charge is -2.35. The summed E-state index contributed by atoms with van der Waals surface area (Å²) < 4.78 is 1.62. The van der Waals surface area contributed by atoms with Crippen molar-refractivity contribution in [1.82, 2.24) is 19.5 Å². The number of anilines is 3. The fourth-order valence-electron chi connectivity index (χ4n) is 3.21. The van der Waals surface area contributed by atoms with Crippen molar-refractivity contribution in [3.8, 4) is 0 Å². The van der Waals surface area contributed by atoms with Gasteiger partial charge in [-0.1, -0.05) is 18.5 Å². The van der Waals surface area contributed by atoms with Crippen LogP contribution in [0.1, 0.15) is 6.92 Å². The van der Waals surface area contributed by atoms with Crippen molar-refractivity contribution < 1.29 is 0 Å². The molecule has 1 aliphatic rings. The van der Waals surface area contributed by atoms with Crippen molar-refractivity contribution >= 4 is 34.3 Å². The molecule has 3 aromatic rings. The van der Waals surface area contributed by atoms with Gasteiger partial charge < -0.3 is 15.1 Å². The minimum Gasteiger partial charge on any atom is -0.369 e. The largest absolute Gasteiger partial charge is 0.369 e. The zero-order valence-corrected chi connectivity index (χ0v) is 14.9. The maximum absolute atomic E-state index is 6.12. The molecule has 0 unspecified atom stereocenters. The van der Waals surface area contributed by atoms with Gasteiger partial charge in [0.25, 0.3) is 0 Å². The topological polar surface area (TPSA) is 48.7 Å². The van der Waals surface area contributed by atoms with Gasteiger partial charge in [-0.25, -0.2) is 9.50 Å². The Morgan fingerprint density at radius 3 is 2.52 bits per heavy atom. The van der Waals surface area contributed by atoms with Gasteiger partial charge in [-0.3, -0.25) is 0 Å². The highest BCUT2D eigenvalue weighted by Gasteiger charge is 2.15. The summed E-state index contributed by atoms with van der Waals surface area (Å²) in [6.45, 7) is 7.78. The van der Waals surface area contributed by atoms with Crippen LogP contribution in [0.2, 0.25) is 5.15 Å². The smallest absolute Gasteiger partial charge is 0.180 e. The van der Waals surface area contributed by atoms with Crippen molar-refractivity contribution in [2.75, 3.05) is 42.9 Å². The third-order valence-electron chi connectivity index (χ3n) is 4.71. The Morgan fingerprint density at radius 2 is 1.80 bits per heavy atom. The Balaban J connectivity index is 1.49. The van der Waals surface area contributed by atoms with E-state index in [1.54, 1.807) is 4.52 Å². The lowest BCUT2D eigenvalue weighted by atomic mass is 10.2. The zero-order chi connectivity index (χ0) is 17.2. The maximum atomic E-state index is 6.12. The van der Waals surface area contributed by atoms with Crippen LogP contribution >= 0.6 is 11.6 Å². The number of pyridine rings is 1. The second kappa shape index (κ2) is 6.90. The van der Waals surface area contributed by atoms with E-state index in [1.165, 1.54) is 12.0 Å². The third-order valence-corrected chi connectivity index (χ3v) is 5.00.